The summed E-state index contributed by atoms with van der Waals surface area (Å²) in [4.78, 5) is 29.6. The zero-order valence-corrected chi connectivity index (χ0v) is 13.1. The summed E-state index contributed by atoms with van der Waals surface area (Å²) in [5, 5.41) is 0. The van der Waals surface area contributed by atoms with Crippen molar-refractivity contribution in [2.75, 3.05) is 0 Å². The lowest BCUT2D eigenvalue weighted by Crippen LogP contribution is -2.08. The Morgan fingerprint density at radius 3 is 2.35 bits per heavy atom. The van der Waals surface area contributed by atoms with Crippen molar-refractivity contribution in [3.63, 3.8) is 0 Å². The fourth-order valence-corrected chi connectivity index (χ4v) is 3.53. The number of fused-ring (bicyclic) bond motifs is 1. The van der Waals surface area contributed by atoms with Gasteiger partial charge in [0.25, 0.3) is 5.56 Å². The van der Waals surface area contributed by atoms with Gasteiger partial charge in [0, 0.05) is 22.8 Å². The zero-order chi connectivity index (χ0) is 15.8. The quantitative estimate of drug-likeness (QED) is 0.614. The van der Waals surface area contributed by atoms with Crippen molar-refractivity contribution in [1.82, 2.24) is 19.9 Å². The smallest absolute Gasteiger partial charge is 0.269 e. The molecule has 0 bridgehead atoms. The first kappa shape index (κ1) is 13.8. The standard InChI is InChI=1S/C17H12N4OS/c1-10-13(11-6-2-4-8-18-11)14-15(23-10)17(22)21-16(20-14)12-7-3-5-9-19-12/h2-9H,1H3,(H,20,21,22). The lowest BCUT2D eigenvalue weighted by Gasteiger charge is -2.02. The van der Waals surface area contributed by atoms with Gasteiger partial charge in [0.2, 0.25) is 0 Å². The summed E-state index contributed by atoms with van der Waals surface area (Å²) in [5.41, 5.74) is 2.90. The molecule has 0 aromatic carbocycles. The lowest BCUT2D eigenvalue weighted by atomic mass is 10.1. The van der Waals surface area contributed by atoms with Gasteiger partial charge in [0.15, 0.2) is 5.82 Å². The van der Waals surface area contributed by atoms with Gasteiger partial charge in [0.05, 0.1) is 11.2 Å². The molecule has 5 nitrogen and oxygen atoms in total. The molecule has 0 radical (unpaired) electrons. The number of hydrogen-bond acceptors (Lipinski definition) is 5. The van der Waals surface area contributed by atoms with Gasteiger partial charge in [-0.2, -0.15) is 0 Å². The SMILES string of the molecule is Cc1sc2c(=O)[nH]c(-c3ccccn3)nc2c1-c1ccccn1. The van der Waals surface area contributed by atoms with E-state index in [9.17, 15) is 4.79 Å². The summed E-state index contributed by atoms with van der Waals surface area (Å²) >= 11 is 1.44. The van der Waals surface area contributed by atoms with Crippen LogP contribution in [0.2, 0.25) is 0 Å². The van der Waals surface area contributed by atoms with Crippen molar-refractivity contribution in [2.24, 2.45) is 0 Å². The highest BCUT2D eigenvalue weighted by molar-refractivity contribution is 7.19. The van der Waals surface area contributed by atoms with Crippen molar-refractivity contribution < 1.29 is 0 Å². The van der Waals surface area contributed by atoms with Crippen LogP contribution in [-0.2, 0) is 0 Å². The Balaban J connectivity index is 2.04. The van der Waals surface area contributed by atoms with E-state index in [0.29, 0.717) is 21.7 Å². The number of aryl methyl sites for hydroxylation is 1. The molecule has 4 rings (SSSR count). The first-order chi connectivity index (χ1) is 11.2. The summed E-state index contributed by atoms with van der Waals surface area (Å²) < 4.78 is 0.614. The van der Waals surface area contributed by atoms with Gasteiger partial charge < -0.3 is 4.98 Å². The van der Waals surface area contributed by atoms with E-state index in [1.54, 1.807) is 12.4 Å². The Hall–Kier alpha value is -2.86. The van der Waals surface area contributed by atoms with Crippen molar-refractivity contribution in [1.29, 1.82) is 0 Å². The number of pyridine rings is 2. The third-order valence-electron chi connectivity index (χ3n) is 3.55. The van der Waals surface area contributed by atoms with E-state index in [-0.39, 0.29) is 5.56 Å². The van der Waals surface area contributed by atoms with Crippen LogP contribution in [0, 0.1) is 6.92 Å². The van der Waals surface area contributed by atoms with Crippen LogP contribution in [0.25, 0.3) is 33.0 Å². The van der Waals surface area contributed by atoms with Crippen LogP contribution in [0.1, 0.15) is 4.88 Å². The molecule has 4 aromatic heterocycles. The van der Waals surface area contributed by atoms with Crippen molar-refractivity contribution in [3.8, 4) is 22.8 Å². The van der Waals surface area contributed by atoms with E-state index in [2.05, 4.69) is 19.9 Å². The zero-order valence-electron chi connectivity index (χ0n) is 12.3. The van der Waals surface area contributed by atoms with Crippen molar-refractivity contribution in [2.45, 2.75) is 6.92 Å². The van der Waals surface area contributed by atoms with Crippen LogP contribution >= 0.6 is 11.3 Å². The minimum Gasteiger partial charge on any atom is -0.304 e. The molecule has 4 aromatic rings. The van der Waals surface area contributed by atoms with Gasteiger partial charge in [-0.3, -0.25) is 14.8 Å². The largest absolute Gasteiger partial charge is 0.304 e. The van der Waals surface area contributed by atoms with E-state index in [4.69, 9.17) is 0 Å². The highest BCUT2D eigenvalue weighted by atomic mass is 32.1. The molecular weight excluding hydrogens is 308 g/mol. The minimum absolute atomic E-state index is 0.147. The average molecular weight is 320 g/mol. The molecule has 0 atom stereocenters. The van der Waals surface area contributed by atoms with E-state index in [1.807, 2.05) is 43.3 Å². The van der Waals surface area contributed by atoms with Crippen LogP contribution in [0.4, 0.5) is 0 Å². The monoisotopic (exact) mass is 320 g/mol. The number of rotatable bonds is 2. The van der Waals surface area contributed by atoms with E-state index in [1.165, 1.54) is 11.3 Å². The molecule has 0 aliphatic rings. The van der Waals surface area contributed by atoms with Gasteiger partial charge in [-0.25, -0.2) is 4.98 Å². The molecule has 6 heteroatoms. The summed E-state index contributed by atoms with van der Waals surface area (Å²) in [5.74, 6) is 0.470. The minimum atomic E-state index is -0.147. The second kappa shape index (κ2) is 5.40. The highest BCUT2D eigenvalue weighted by Crippen LogP contribution is 2.34. The Kier molecular flexibility index (Phi) is 3.24. The van der Waals surface area contributed by atoms with Crippen molar-refractivity contribution >= 4 is 21.6 Å². The Labute approximate surface area is 135 Å². The normalized spacial score (nSPS) is 11.0. The first-order valence-corrected chi connectivity index (χ1v) is 7.92. The van der Waals surface area contributed by atoms with Crippen molar-refractivity contribution in [3.05, 3.63) is 64.0 Å². The Morgan fingerprint density at radius 1 is 1.00 bits per heavy atom. The number of thiophene rings is 1. The van der Waals surface area contributed by atoms with Crippen LogP contribution in [0.5, 0.6) is 0 Å². The van der Waals surface area contributed by atoms with Crippen LogP contribution < -0.4 is 5.56 Å². The number of H-pyrrole nitrogens is 1. The summed E-state index contributed by atoms with van der Waals surface area (Å²) in [6, 6.07) is 11.2. The number of aromatic nitrogens is 4. The molecule has 112 valence electrons. The molecule has 23 heavy (non-hydrogen) atoms. The molecule has 4 heterocycles. The molecule has 0 unspecified atom stereocenters. The fraction of sp³-hybridized carbons (Fsp3) is 0.0588. The maximum absolute atomic E-state index is 12.4. The summed E-state index contributed by atoms with van der Waals surface area (Å²) in [7, 11) is 0. The number of hydrogen-bond donors (Lipinski definition) is 1. The summed E-state index contributed by atoms with van der Waals surface area (Å²) in [6.07, 6.45) is 3.42. The summed E-state index contributed by atoms with van der Waals surface area (Å²) in [6.45, 7) is 1.98. The molecule has 0 fully saturated rings. The lowest BCUT2D eigenvalue weighted by molar-refractivity contribution is 1.15. The maximum atomic E-state index is 12.4. The average Bonchev–Trinajstić information content (AvgIpc) is 2.93. The van der Waals surface area contributed by atoms with E-state index >= 15 is 0 Å². The van der Waals surface area contributed by atoms with Gasteiger partial charge in [-0.05, 0) is 31.2 Å². The topological polar surface area (TPSA) is 71.5 Å². The Bertz CT molecular complexity index is 1040. The molecule has 0 amide bonds. The molecule has 1 N–H and O–H groups in total. The Morgan fingerprint density at radius 2 is 1.70 bits per heavy atom. The molecule has 0 aliphatic heterocycles. The second-order valence-corrected chi connectivity index (χ2v) is 6.28. The van der Waals surface area contributed by atoms with Gasteiger partial charge in [-0.15, -0.1) is 11.3 Å². The molecule has 0 aliphatic carbocycles. The van der Waals surface area contributed by atoms with Gasteiger partial charge in [-0.1, -0.05) is 12.1 Å². The van der Waals surface area contributed by atoms with Crippen LogP contribution in [-0.4, -0.2) is 19.9 Å². The van der Waals surface area contributed by atoms with E-state index < -0.39 is 0 Å². The predicted molar refractivity (Wildman–Crippen MR) is 91.4 cm³/mol. The highest BCUT2D eigenvalue weighted by Gasteiger charge is 2.17. The molecule has 0 spiro atoms. The molecule has 0 saturated heterocycles. The number of nitrogens with zero attached hydrogens (tertiary/aromatic N) is 3. The third-order valence-corrected chi connectivity index (χ3v) is 4.64. The maximum Gasteiger partial charge on any atom is 0.269 e. The number of aromatic amines is 1. The second-order valence-electron chi connectivity index (χ2n) is 5.06. The van der Waals surface area contributed by atoms with Gasteiger partial charge >= 0.3 is 0 Å². The fourth-order valence-electron chi connectivity index (χ4n) is 2.53. The van der Waals surface area contributed by atoms with Crippen LogP contribution in [0.15, 0.2) is 53.6 Å². The number of nitrogens with one attached hydrogen (secondary N) is 1. The third kappa shape index (κ3) is 2.33. The van der Waals surface area contributed by atoms with E-state index in [0.717, 1.165) is 16.1 Å². The van der Waals surface area contributed by atoms with Crippen LogP contribution in [0.3, 0.4) is 0 Å². The van der Waals surface area contributed by atoms with Gasteiger partial charge in [0.1, 0.15) is 10.4 Å². The first-order valence-electron chi connectivity index (χ1n) is 7.10. The predicted octanol–water partition coefficient (Wildman–Crippen LogP) is 3.42. The molecule has 0 saturated carbocycles. The molecular formula is C17H12N4OS.